The van der Waals surface area contributed by atoms with Crippen molar-refractivity contribution in [2.75, 3.05) is 0 Å². The molecule has 5 aliphatic carbocycles. The van der Waals surface area contributed by atoms with Crippen molar-refractivity contribution < 1.29 is 4.42 Å². The third-order valence-corrected chi connectivity index (χ3v) is 20.9. The summed E-state index contributed by atoms with van der Waals surface area (Å²) in [5.74, 6) is 4.97. The second-order valence-electron chi connectivity index (χ2n) is 21.1. The Balaban J connectivity index is 0.920. The van der Waals surface area contributed by atoms with Crippen molar-refractivity contribution >= 4 is 40.4 Å². The van der Waals surface area contributed by atoms with Gasteiger partial charge in [0.15, 0.2) is 17.5 Å². The van der Waals surface area contributed by atoms with E-state index in [4.69, 9.17) is 19.4 Å². The lowest BCUT2D eigenvalue weighted by Gasteiger charge is -2.61. The van der Waals surface area contributed by atoms with Crippen molar-refractivity contribution in [2.24, 2.45) is 23.7 Å². The van der Waals surface area contributed by atoms with Crippen LogP contribution in [0, 0.1) is 23.7 Å². The SMILES string of the molecule is C[Si]1(C)c2ccccc2-c2c1ccc1c2-c2cccc(-c3ccccc3-c3nc(-c4ccccc4)nc(-c4ccc(-c5cccc6c5oc5ccccc56)cc4)n3)c2C12C1CC3CC(C1)CC2C3. The minimum atomic E-state index is -1.90. The van der Waals surface area contributed by atoms with Gasteiger partial charge in [-0.15, -0.1) is 0 Å². The van der Waals surface area contributed by atoms with Gasteiger partial charge in [-0.2, -0.15) is 0 Å². The second-order valence-corrected chi connectivity index (χ2v) is 25.4. The molecule has 0 radical (unpaired) electrons. The van der Waals surface area contributed by atoms with Gasteiger partial charge < -0.3 is 4.42 Å². The summed E-state index contributed by atoms with van der Waals surface area (Å²) in [6, 6.07) is 64.5. The minimum absolute atomic E-state index is 0.0338. The summed E-state index contributed by atoms with van der Waals surface area (Å²) in [5.41, 5.74) is 18.6. The van der Waals surface area contributed by atoms with Crippen LogP contribution in [0.4, 0.5) is 0 Å². The Morgan fingerprint density at radius 1 is 0.426 bits per heavy atom. The number of aromatic nitrogens is 3. The van der Waals surface area contributed by atoms with Crippen LogP contribution in [0.2, 0.25) is 13.1 Å². The second kappa shape index (κ2) is 14.2. The van der Waals surface area contributed by atoms with Gasteiger partial charge in [0, 0.05) is 38.4 Å². The topological polar surface area (TPSA) is 51.8 Å². The fourth-order valence-corrected chi connectivity index (χ4v) is 17.9. The highest BCUT2D eigenvalue weighted by atomic mass is 28.3. The van der Waals surface area contributed by atoms with E-state index in [-0.39, 0.29) is 5.41 Å². The van der Waals surface area contributed by atoms with Crippen LogP contribution in [0.3, 0.4) is 0 Å². The molecule has 326 valence electrons. The number of para-hydroxylation sites is 2. The smallest absolute Gasteiger partial charge is 0.164 e. The van der Waals surface area contributed by atoms with Crippen LogP contribution in [0.15, 0.2) is 180 Å². The quantitative estimate of drug-likeness (QED) is 0.162. The summed E-state index contributed by atoms with van der Waals surface area (Å²) in [4.78, 5) is 16.0. The van der Waals surface area contributed by atoms with E-state index >= 15 is 0 Å². The molecular weight excluding hydrogens is 843 g/mol. The number of fused-ring (bicyclic) bond motifs is 10. The van der Waals surface area contributed by atoms with Crippen molar-refractivity contribution in [3.05, 3.63) is 187 Å². The zero-order chi connectivity index (χ0) is 44.9. The van der Waals surface area contributed by atoms with Crippen LogP contribution in [-0.4, -0.2) is 23.0 Å². The first-order valence-corrected chi connectivity index (χ1v) is 27.8. The third kappa shape index (κ3) is 5.28. The van der Waals surface area contributed by atoms with E-state index in [1.807, 2.05) is 18.2 Å². The minimum Gasteiger partial charge on any atom is -0.455 e. The molecule has 0 unspecified atom stereocenters. The zero-order valence-electron chi connectivity index (χ0n) is 38.3. The molecule has 5 heteroatoms. The first kappa shape index (κ1) is 38.8. The van der Waals surface area contributed by atoms with E-state index < -0.39 is 8.07 Å². The Labute approximate surface area is 397 Å². The molecule has 16 rings (SSSR count). The fourth-order valence-electron chi connectivity index (χ4n) is 14.8. The molecule has 8 aromatic carbocycles. The largest absolute Gasteiger partial charge is 0.455 e. The summed E-state index contributed by atoms with van der Waals surface area (Å²) in [5, 5.41) is 5.43. The lowest BCUT2D eigenvalue weighted by molar-refractivity contribution is -0.0397. The van der Waals surface area contributed by atoms with Gasteiger partial charge >= 0.3 is 0 Å². The van der Waals surface area contributed by atoms with Crippen molar-refractivity contribution in [1.29, 1.82) is 0 Å². The number of benzene rings is 8. The average molecular weight is 892 g/mol. The van der Waals surface area contributed by atoms with Crippen LogP contribution < -0.4 is 10.4 Å². The summed E-state index contributed by atoms with van der Waals surface area (Å²) in [6.07, 6.45) is 6.76. The predicted molar refractivity (Wildman–Crippen MR) is 280 cm³/mol. The highest BCUT2D eigenvalue weighted by Crippen LogP contribution is 2.71. The first-order chi connectivity index (χ1) is 33.4. The molecule has 1 spiro atoms. The normalized spacial score (nSPS) is 22.1. The van der Waals surface area contributed by atoms with E-state index in [0.717, 1.165) is 61.6 Å². The maximum atomic E-state index is 6.45. The molecule has 6 aliphatic rings. The average Bonchev–Trinajstić information content (AvgIpc) is 3.99. The Kier molecular flexibility index (Phi) is 8.09. The van der Waals surface area contributed by atoms with Crippen LogP contribution >= 0.6 is 0 Å². The number of hydrogen-bond acceptors (Lipinski definition) is 4. The number of nitrogens with zero attached hydrogens (tertiary/aromatic N) is 3. The molecule has 1 aliphatic heterocycles. The summed E-state index contributed by atoms with van der Waals surface area (Å²) in [6.45, 7) is 5.13. The van der Waals surface area contributed by atoms with Crippen LogP contribution in [0.25, 0.3) is 101 Å². The predicted octanol–water partition coefficient (Wildman–Crippen LogP) is 14.6. The lowest BCUT2D eigenvalue weighted by atomic mass is 9.42. The van der Waals surface area contributed by atoms with Gasteiger partial charge in [0.05, 0.1) is 0 Å². The first-order valence-electron chi connectivity index (χ1n) is 24.8. The Hall–Kier alpha value is -7.21. The molecule has 4 fully saturated rings. The number of hydrogen-bond donors (Lipinski definition) is 0. The number of furan rings is 1. The molecule has 0 N–H and O–H groups in total. The highest BCUT2D eigenvalue weighted by Gasteiger charge is 2.63. The van der Waals surface area contributed by atoms with Crippen molar-refractivity contribution in [3.8, 4) is 78.7 Å². The molecule has 4 nitrogen and oxygen atoms in total. The Bertz CT molecular complexity index is 3710. The zero-order valence-corrected chi connectivity index (χ0v) is 39.3. The van der Waals surface area contributed by atoms with Crippen LogP contribution in [-0.2, 0) is 5.41 Å². The Morgan fingerprint density at radius 2 is 1.00 bits per heavy atom. The summed E-state index contributed by atoms with van der Waals surface area (Å²) in [7, 11) is -1.90. The van der Waals surface area contributed by atoms with E-state index in [1.165, 1.54) is 65.5 Å². The summed E-state index contributed by atoms with van der Waals surface area (Å²) < 4.78 is 6.45. The van der Waals surface area contributed by atoms with Gasteiger partial charge in [-0.25, -0.2) is 15.0 Å². The number of rotatable bonds is 5. The molecule has 3 heterocycles. The molecule has 4 bridgehead atoms. The van der Waals surface area contributed by atoms with Crippen molar-refractivity contribution in [3.63, 3.8) is 0 Å². The summed E-state index contributed by atoms with van der Waals surface area (Å²) >= 11 is 0. The van der Waals surface area contributed by atoms with Gasteiger partial charge in [0.2, 0.25) is 0 Å². The molecule has 68 heavy (non-hydrogen) atoms. The Morgan fingerprint density at radius 3 is 1.78 bits per heavy atom. The fraction of sp³-hybridized carbons (Fsp3) is 0.190. The van der Waals surface area contributed by atoms with Gasteiger partial charge in [-0.3, -0.25) is 0 Å². The van der Waals surface area contributed by atoms with Crippen molar-refractivity contribution in [1.82, 2.24) is 15.0 Å². The van der Waals surface area contributed by atoms with Gasteiger partial charge in [0.25, 0.3) is 0 Å². The molecule has 10 aromatic rings. The molecule has 4 saturated carbocycles. The van der Waals surface area contributed by atoms with Crippen LogP contribution in [0.1, 0.15) is 43.2 Å². The standard InChI is InChI=1S/C63H49N3OSi/c1-68(2)54-25-11-9-19-50(54)57-55(68)31-30-52-56(57)51-23-13-21-47(58(51)63(52)42-33-37-32-38(35-42)36-43(63)34-37)45-16-6-7-18-49(45)62-65-60(40-14-4-3-5-15-40)64-61(66-62)41-28-26-39(27-29-41)44-20-12-22-48-46-17-8-10-24-53(46)67-59(44)48/h3-31,37-38,42-43H,32-36H2,1-2H3. The monoisotopic (exact) mass is 891 g/mol. The molecule has 2 aromatic heterocycles. The van der Waals surface area contributed by atoms with E-state index in [9.17, 15) is 0 Å². The van der Waals surface area contributed by atoms with E-state index in [2.05, 4.69) is 171 Å². The van der Waals surface area contributed by atoms with E-state index in [0.29, 0.717) is 29.3 Å². The van der Waals surface area contributed by atoms with Gasteiger partial charge in [-0.1, -0.05) is 183 Å². The third-order valence-electron chi connectivity index (χ3n) is 17.4. The van der Waals surface area contributed by atoms with E-state index in [1.54, 1.807) is 21.5 Å². The molecule has 0 saturated heterocycles. The van der Waals surface area contributed by atoms with Crippen molar-refractivity contribution in [2.45, 2.75) is 50.6 Å². The molecule has 0 atom stereocenters. The lowest BCUT2D eigenvalue weighted by Crippen LogP contribution is -2.55. The highest BCUT2D eigenvalue weighted by molar-refractivity contribution is 7.04. The molecular formula is C63H49N3OSi. The maximum absolute atomic E-state index is 6.45. The maximum Gasteiger partial charge on any atom is 0.164 e. The van der Waals surface area contributed by atoms with Crippen LogP contribution in [0.5, 0.6) is 0 Å². The van der Waals surface area contributed by atoms with Gasteiger partial charge in [0.1, 0.15) is 19.2 Å². The molecule has 0 amide bonds. The van der Waals surface area contributed by atoms with Gasteiger partial charge in [-0.05, 0) is 122 Å².